The van der Waals surface area contributed by atoms with E-state index in [-0.39, 0.29) is 12.5 Å². The number of amides is 1. The fraction of sp³-hybridized carbons (Fsp3) is 0.632. The van der Waals surface area contributed by atoms with Crippen molar-refractivity contribution in [2.75, 3.05) is 13.2 Å². The minimum atomic E-state index is -1.58. The quantitative estimate of drug-likeness (QED) is 0.0261. The summed E-state index contributed by atoms with van der Waals surface area (Å²) in [6.07, 6.45) is 79.1. The Balaban J connectivity index is 2.20. The van der Waals surface area contributed by atoms with Gasteiger partial charge in [-0.25, -0.2) is 0 Å². The maximum Gasteiger partial charge on any atom is 0.220 e. The Hall–Kier alpha value is -3.93. The first kappa shape index (κ1) is 71.1. The molecular weight excluding hydrogens is 959 g/mol. The van der Waals surface area contributed by atoms with Crippen molar-refractivity contribution in [1.82, 2.24) is 5.32 Å². The Labute approximate surface area is 470 Å². The van der Waals surface area contributed by atoms with Crippen LogP contribution >= 0.6 is 0 Å². The molecule has 1 aliphatic rings. The summed E-state index contributed by atoms with van der Waals surface area (Å²) >= 11 is 0. The van der Waals surface area contributed by atoms with E-state index in [1.807, 2.05) is 6.08 Å². The number of aliphatic hydroxyl groups excluding tert-OH is 5. The van der Waals surface area contributed by atoms with E-state index in [2.05, 4.69) is 153 Å². The Bertz CT molecular complexity index is 1720. The highest BCUT2D eigenvalue weighted by Gasteiger charge is 2.44. The maximum atomic E-state index is 13.1. The van der Waals surface area contributed by atoms with Crippen LogP contribution in [0.3, 0.4) is 0 Å². The van der Waals surface area contributed by atoms with Gasteiger partial charge in [-0.05, 0) is 103 Å². The number of hydrogen-bond acceptors (Lipinski definition) is 8. The molecule has 0 radical (unpaired) electrons. The molecule has 0 aromatic heterocycles. The van der Waals surface area contributed by atoms with Crippen LogP contribution in [0.1, 0.15) is 219 Å². The molecule has 0 aromatic carbocycles. The number of carbonyl (C=O) groups excluding carboxylic acids is 1. The van der Waals surface area contributed by atoms with E-state index in [1.165, 1.54) is 70.6 Å². The predicted molar refractivity (Wildman–Crippen MR) is 326 cm³/mol. The fourth-order valence-corrected chi connectivity index (χ4v) is 8.63. The lowest BCUT2D eigenvalue weighted by atomic mass is 9.99. The van der Waals surface area contributed by atoms with E-state index in [4.69, 9.17) is 9.47 Å². The van der Waals surface area contributed by atoms with Crippen molar-refractivity contribution in [3.05, 3.63) is 146 Å². The van der Waals surface area contributed by atoms with Crippen LogP contribution in [0, 0.1) is 0 Å². The molecule has 436 valence electrons. The van der Waals surface area contributed by atoms with Crippen molar-refractivity contribution in [3.8, 4) is 0 Å². The van der Waals surface area contributed by atoms with Crippen molar-refractivity contribution in [1.29, 1.82) is 0 Å². The van der Waals surface area contributed by atoms with Gasteiger partial charge in [0.1, 0.15) is 24.4 Å². The average molecular weight is 1070 g/mol. The summed E-state index contributed by atoms with van der Waals surface area (Å²) in [4.78, 5) is 13.1. The summed E-state index contributed by atoms with van der Waals surface area (Å²) in [5.41, 5.74) is 0. The lowest BCUT2D eigenvalue weighted by molar-refractivity contribution is -0.302. The van der Waals surface area contributed by atoms with Gasteiger partial charge < -0.3 is 40.3 Å². The van der Waals surface area contributed by atoms with E-state index in [0.717, 1.165) is 128 Å². The molecule has 0 bridgehead atoms. The highest BCUT2D eigenvalue weighted by atomic mass is 16.7. The lowest BCUT2D eigenvalue weighted by Gasteiger charge is -2.40. The highest BCUT2D eigenvalue weighted by Crippen LogP contribution is 2.23. The third-order valence-electron chi connectivity index (χ3n) is 13.4. The van der Waals surface area contributed by atoms with E-state index in [1.54, 1.807) is 6.08 Å². The molecule has 6 N–H and O–H groups in total. The third kappa shape index (κ3) is 44.6. The van der Waals surface area contributed by atoms with Crippen molar-refractivity contribution in [3.63, 3.8) is 0 Å². The molecule has 77 heavy (non-hydrogen) atoms. The molecule has 7 atom stereocenters. The minimum absolute atomic E-state index is 0.202. The Kier molecular flexibility index (Phi) is 51.1. The largest absolute Gasteiger partial charge is 0.394 e. The van der Waals surface area contributed by atoms with E-state index < -0.39 is 49.5 Å². The van der Waals surface area contributed by atoms with Gasteiger partial charge in [-0.2, -0.15) is 0 Å². The summed E-state index contributed by atoms with van der Waals surface area (Å²) < 4.78 is 11.2. The number of unbranched alkanes of at least 4 members (excludes halogenated alkanes) is 18. The smallest absolute Gasteiger partial charge is 0.220 e. The Morgan fingerprint density at radius 3 is 1.19 bits per heavy atom. The van der Waals surface area contributed by atoms with Crippen LogP contribution < -0.4 is 5.32 Å². The van der Waals surface area contributed by atoms with Gasteiger partial charge in [0.2, 0.25) is 5.91 Å². The molecule has 7 unspecified atom stereocenters. The van der Waals surface area contributed by atoms with Crippen LogP contribution in [0.15, 0.2) is 146 Å². The summed E-state index contributed by atoms with van der Waals surface area (Å²) in [5.74, 6) is -0.202. The molecule has 0 saturated carbocycles. The molecule has 0 spiro atoms. The summed E-state index contributed by atoms with van der Waals surface area (Å²) in [6.45, 7) is 3.64. The molecule has 0 aromatic rings. The molecule has 0 aliphatic carbocycles. The molecule has 1 amide bonds. The third-order valence-corrected chi connectivity index (χ3v) is 13.4. The Morgan fingerprint density at radius 1 is 0.455 bits per heavy atom. The number of rotatable bonds is 50. The zero-order chi connectivity index (χ0) is 55.8. The standard InChI is InChI=1S/C68H111NO8/c1-3-5-7-9-11-13-15-17-19-20-21-22-23-24-25-26-27-28-29-30-31-32-33-34-35-36-37-38-39-40-41-42-44-46-48-50-52-54-56-58-64(72)69-61(60-76-68-67(75)66(74)65(73)63(59-70)77-68)62(71)57-55-53-51-49-47-45-43-18-16-14-12-10-8-6-4-2/h5,7,11,13,17,19,21-22,24-25,27-28,30-31,33-34,36-37,39-40,42,44,55,57,61-63,65-68,70-71,73-75H,3-4,6,8-10,12,14-16,18,20,23,26,29,32,35,38,41,43,45-54,56,58-60H2,1-2H3,(H,69,72)/b7-5-,13-11-,19-17-,22-21-,25-24-,28-27-,31-30-,34-33-,37-36-,40-39-,44-42-,57-55+. The van der Waals surface area contributed by atoms with Crippen molar-refractivity contribution in [2.24, 2.45) is 0 Å². The summed E-state index contributed by atoms with van der Waals surface area (Å²) in [7, 11) is 0. The van der Waals surface area contributed by atoms with Crippen LogP contribution in [0.4, 0.5) is 0 Å². The monoisotopic (exact) mass is 1070 g/mol. The van der Waals surface area contributed by atoms with Gasteiger partial charge in [-0.3, -0.25) is 4.79 Å². The molecule has 1 aliphatic heterocycles. The molecule has 1 fully saturated rings. The average Bonchev–Trinajstić information content (AvgIpc) is 3.43. The van der Waals surface area contributed by atoms with Crippen LogP contribution in [-0.2, 0) is 14.3 Å². The van der Waals surface area contributed by atoms with E-state index >= 15 is 0 Å². The molecule has 9 heteroatoms. The number of aliphatic hydroxyl groups is 5. The second-order valence-corrected chi connectivity index (χ2v) is 20.4. The van der Waals surface area contributed by atoms with E-state index in [0.29, 0.717) is 6.42 Å². The van der Waals surface area contributed by atoms with Crippen molar-refractivity contribution in [2.45, 2.75) is 262 Å². The van der Waals surface area contributed by atoms with Crippen LogP contribution in [0.5, 0.6) is 0 Å². The number of allylic oxidation sites excluding steroid dienone is 23. The number of ether oxygens (including phenoxy) is 2. The maximum absolute atomic E-state index is 13.1. The normalized spacial score (nSPS) is 19.8. The first-order chi connectivity index (χ1) is 37.8. The molecule has 1 heterocycles. The van der Waals surface area contributed by atoms with Gasteiger partial charge in [-0.15, -0.1) is 0 Å². The zero-order valence-corrected chi connectivity index (χ0v) is 48.4. The van der Waals surface area contributed by atoms with Crippen LogP contribution in [-0.4, -0.2) is 87.5 Å². The molecular formula is C68H111NO8. The predicted octanol–water partition coefficient (Wildman–Crippen LogP) is 15.8. The molecule has 1 rings (SSSR count). The van der Waals surface area contributed by atoms with Gasteiger partial charge in [0.05, 0.1) is 25.4 Å². The topological polar surface area (TPSA) is 149 Å². The van der Waals surface area contributed by atoms with E-state index in [9.17, 15) is 30.3 Å². The van der Waals surface area contributed by atoms with Gasteiger partial charge >= 0.3 is 0 Å². The second-order valence-electron chi connectivity index (χ2n) is 20.4. The number of hydrogen-bond donors (Lipinski definition) is 6. The summed E-state index contributed by atoms with van der Waals surface area (Å²) in [5, 5.41) is 54.5. The van der Waals surface area contributed by atoms with Gasteiger partial charge in [-0.1, -0.05) is 256 Å². The SMILES string of the molecule is CC/C=C\C/C=C\C/C=C\C/C=C\C/C=C\C/C=C\C/C=C\C/C=C\C/C=C\C/C=C\C/C=C\CCCCCCCC(=O)NC(COC1OC(CO)C(O)C(O)C1O)C(O)/C=C/CCCCCCCCCCCCCCC. The molecule has 1 saturated heterocycles. The van der Waals surface area contributed by atoms with Crippen molar-refractivity contribution >= 4 is 5.91 Å². The highest BCUT2D eigenvalue weighted by molar-refractivity contribution is 5.76. The van der Waals surface area contributed by atoms with Gasteiger partial charge in [0.15, 0.2) is 6.29 Å². The first-order valence-corrected chi connectivity index (χ1v) is 30.6. The number of carbonyl (C=O) groups is 1. The lowest BCUT2D eigenvalue weighted by Crippen LogP contribution is -2.60. The van der Waals surface area contributed by atoms with Crippen molar-refractivity contribution < 1.29 is 39.8 Å². The van der Waals surface area contributed by atoms with Gasteiger partial charge in [0.25, 0.3) is 0 Å². The first-order valence-electron chi connectivity index (χ1n) is 30.6. The molecule has 9 nitrogen and oxygen atoms in total. The fourth-order valence-electron chi connectivity index (χ4n) is 8.63. The van der Waals surface area contributed by atoms with Crippen LogP contribution in [0.2, 0.25) is 0 Å². The second kappa shape index (κ2) is 55.4. The number of nitrogens with one attached hydrogen (secondary N) is 1. The Morgan fingerprint density at radius 2 is 0.805 bits per heavy atom. The van der Waals surface area contributed by atoms with Gasteiger partial charge in [0, 0.05) is 6.42 Å². The summed E-state index contributed by atoms with van der Waals surface area (Å²) in [6, 6.07) is -0.826. The van der Waals surface area contributed by atoms with Crippen LogP contribution in [0.25, 0.3) is 0 Å². The zero-order valence-electron chi connectivity index (χ0n) is 48.4. The minimum Gasteiger partial charge on any atom is -0.394 e.